The van der Waals surface area contributed by atoms with Crippen molar-refractivity contribution in [2.45, 2.75) is 6.92 Å². The van der Waals surface area contributed by atoms with Gasteiger partial charge in [-0.3, -0.25) is 0 Å². The van der Waals surface area contributed by atoms with Crippen LogP contribution >= 0.6 is 0 Å². The highest BCUT2D eigenvalue weighted by Crippen LogP contribution is 2.39. The second kappa shape index (κ2) is 8.94. The van der Waals surface area contributed by atoms with Crippen molar-refractivity contribution in [2.75, 3.05) is 0 Å². The summed E-state index contributed by atoms with van der Waals surface area (Å²) in [6.45, 7) is 5.83. The molecule has 0 aliphatic carbocycles. The first-order chi connectivity index (χ1) is 17.6. The highest BCUT2D eigenvalue weighted by atomic mass is 19.1. The van der Waals surface area contributed by atoms with Crippen LogP contribution in [0.25, 0.3) is 60.6 Å². The van der Waals surface area contributed by atoms with Gasteiger partial charge in [0.1, 0.15) is 5.82 Å². The average Bonchev–Trinajstić information content (AvgIpc) is 2.92. The third kappa shape index (κ3) is 3.70. The molecular formula is C35H25F. The Labute approximate surface area is 210 Å². The minimum atomic E-state index is -0.246. The van der Waals surface area contributed by atoms with Gasteiger partial charge < -0.3 is 0 Å². The molecule has 6 aromatic rings. The smallest absolute Gasteiger partial charge is 0.131 e. The quantitative estimate of drug-likeness (QED) is 0.180. The number of benzene rings is 6. The van der Waals surface area contributed by atoms with Crippen LogP contribution < -0.4 is 0 Å². The van der Waals surface area contributed by atoms with Crippen molar-refractivity contribution in [3.8, 4) is 22.3 Å². The van der Waals surface area contributed by atoms with E-state index in [1.807, 2.05) is 12.1 Å². The summed E-state index contributed by atoms with van der Waals surface area (Å²) < 4.78 is 15.6. The van der Waals surface area contributed by atoms with Crippen LogP contribution in [-0.4, -0.2) is 0 Å². The zero-order valence-electron chi connectivity index (χ0n) is 20.1. The molecule has 0 saturated carbocycles. The lowest BCUT2D eigenvalue weighted by atomic mass is 9.89. The summed E-state index contributed by atoms with van der Waals surface area (Å²) in [5.41, 5.74) is 5.45. The Morgan fingerprint density at radius 2 is 1.14 bits per heavy atom. The maximum atomic E-state index is 15.6. The minimum absolute atomic E-state index is 0.246. The zero-order valence-corrected chi connectivity index (χ0v) is 20.1. The predicted octanol–water partition coefficient (Wildman–Crippen LogP) is 10.1. The van der Waals surface area contributed by atoms with Crippen LogP contribution in [0.4, 0.5) is 4.39 Å². The van der Waals surface area contributed by atoms with Crippen LogP contribution in [0.15, 0.2) is 122 Å². The first-order valence-corrected chi connectivity index (χ1v) is 12.2. The van der Waals surface area contributed by atoms with E-state index >= 15 is 4.39 Å². The second-order valence-corrected chi connectivity index (χ2v) is 9.23. The topological polar surface area (TPSA) is 0 Å². The Bertz CT molecular complexity index is 1770. The molecule has 0 spiro atoms. The number of fused-ring (bicyclic) bond motifs is 6. The van der Waals surface area contributed by atoms with Gasteiger partial charge in [0.25, 0.3) is 0 Å². The van der Waals surface area contributed by atoms with E-state index in [9.17, 15) is 0 Å². The second-order valence-electron chi connectivity index (χ2n) is 9.23. The summed E-state index contributed by atoms with van der Waals surface area (Å²) in [6.07, 6.45) is 5.27. The van der Waals surface area contributed by atoms with E-state index in [4.69, 9.17) is 0 Å². The molecule has 0 aliphatic rings. The van der Waals surface area contributed by atoms with Gasteiger partial charge in [-0.2, -0.15) is 0 Å². The number of aryl methyl sites for hydroxylation is 1. The summed E-state index contributed by atoms with van der Waals surface area (Å²) in [4.78, 5) is 0. The van der Waals surface area contributed by atoms with Crippen LogP contribution in [0, 0.1) is 12.7 Å². The number of hydrogen-bond acceptors (Lipinski definition) is 0. The van der Waals surface area contributed by atoms with E-state index in [1.54, 1.807) is 24.3 Å². The van der Waals surface area contributed by atoms with Crippen molar-refractivity contribution in [1.82, 2.24) is 0 Å². The molecule has 0 amide bonds. The van der Waals surface area contributed by atoms with Crippen LogP contribution in [-0.2, 0) is 0 Å². The highest BCUT2D eigenvalue weighted by molar-refractivity contribution is 6.25. The Kier molecular flexibility index (Phi) is 5.47. The van der Waals surface area contributed by atoms with Crippen molar-refractivity contribution in [3.63, 3.8) is 0 Å². The van der Waals surface area contributed by atoms with E-state index in [-0.39, 0.29) is 5.82 Å². The Morgan fingerprint density at radius 3 is 1.75 bits per heavy atom. The molecule has 172 valence electrons. The predicted molar refractivity (Wildman–Crippen MR) is 154 cm³/mol. The van der Waals surface area contributed by atoms with Gasteiger partial charge in [-0.15, -0.1) is 0 Å². The van der Waals surface area contributed by atoms with E-state index in [0.29, 0.717) is 5.56 Å². The lowest BCUT2D eigenvalue weighted by Crippen LogP contribution is -1.92. The first kappa shape index (κ1) is 22.0. The molecule has 6 aromatic carbocycles. The molecule has 0 aromatic heterocycles. The maximum Gasteiger partial charge on any atom is 0.131 e. The standard InChI is InChI=1S/C35H25F/c1-3-4-9-32-33(21-26(22-35(32)36)24-16-14-23(2)15-17-24)25-18-19-31-29-12-6-5-10-27(29)28-11-7-8-13-30(28)34(31)20-25/h3-22H,1H2,2H3/b9-4-. The molecule has 0 saturated heterocycles. The summed E-state index contributed by atoms with van der Waals surface area (Å²) in [6, 6.07) is 35.5. The normalized spacial score (nSPS) is 11.6. The molecule has 0 nitrogen and oxygen atoms in total. The minimum Gasteiger partial charge on any atom is -0.206 e. The summed E-state index contributed by atoms with van der Waals surface area (Å²) in [5.74, 6) is -0.246. The molecule has 0 atom stereocenters. The van der Waals surface area contributed by atoms with E-state index < -0.39 is 0 Å². The number of allylic oxidation sites excluding steroid dienone is 2. The van der Waals surface area contributed by atoms with E-state index in [0.717, 1.165) is 22.3 Å². The molecule has 0 bridgehead atoms. The van der Waals surface area contributed by atoms with Gasteiger partial charge in [0.15, 0.2) is 0 Å². The number of rotatable bonds is 4. The van der Waals surface area contributed by atoms with Crippen LogP contribution in [0.1, 0.15) is 11.1 Å². The maximum absolute atomic E-state index is 15.6. The number of hydrogen-bond donors (Lipinski definition) is 0. The van der Waals surface area contributed by atoms with Gasteiger partial charge >= 0.3 is 0 Å². The molecular weight excluding hydrogens is 439 g/mol. The fourth-order valence-corrected chi connectivity index (χ4v) is 5.18. The third-order valence-electron chi connectivity index (χ3n) is 6.97. The third-order valence-corrected chi connectivity index (χ3v) is 6.97. The fourth-order valence-electron chi connectivity index (χ4n) is 5.18. The molecule has 0 heterocycles. The fraction of sp³-hybridized carbons (Fsp3) is 0.0286. The lowest BCUT2D eigenvalue weighted by Gasteiger charge is -2.15. The SMILES string of the molecule is C=C/C=C\c1c(F)cc(-c2ccc(C)cc2)cc1-c1ccc2c3ccccc3c3ccccc3c2c1. The average molecular weight is 465 g/mol. The van der Waals surface area contributed by atoms with Gasteiger partial charge in [0.2, 0.25) is 0 Å². The van der Waals surface area contributed by atoms with Gasteiger partial charge in [-0.25, -0.2) is 4.39 Å². The van der Waals surface area contributed by atoms with Crippen LogP contribution in [0.2, 0.25) is 0 Å². The molecule has 36 heavy (non-hydrogen) atoms. The van der Waals surface area contributed by atoms with Crippen LogP contribution in [0.3, 0.4) is 0 Å². The van der Waals surface area contributed by atoms with Gasteiger partial charge in [0, 0.05) is 5.56 Å². The zero-order chi connectivity index (χ0) is 24.6. The highest BCUT2D eigenvalue weighted by Gasteiger charge is 2.14. The molecule has 0 radical (unpaired) electrons. The van der Waals surface area contributed by atoms with Gasteiger partial charge in [-0.05, 0) is 79.7 Å². The van der Waals surface area contributed by atoms with Crippen molar-refractivity contribution in [1.29, 1.82) is 0 Å². The van der Waals surface area contributed by atoms with E-state index in [1.165, 1.54) is 37.9 Å². The number of halogens is 1. The van der Waals surface area contributed by atoms with Crippen molar-refractivity contribution in [2.24, 2.45) is 0 Å². The summed E-state index contributed by atoms with van der Waals surface area (Å²) >= 11 is 0. The van der Waals surface area contributed by atoms with Gasteiger partial charge in [-0.1, -0.05) is 115 Å². The lowest BCUT2D eigenvalue weighted by molar-refractivity contribution is 0.626. The Morgan fingerprint density at radius 1 is 0.583 bits per heavy atom. The monoisotopic (exact) mass is 464 g/mol. The summed E-state index contributed by atoms with van der Waals surface area (Å²) in [5, 5.41) is 7.27. The van der Waals surface area contributed by atoms with Gasteiger partial charge in [0.05, 0.1) is 0 Å². The Balaban J connectivity index is 1.66. The molecule has 0 unspecified atom stereocenters. The van der Waals surface area contributed by atoms with Crippen molar-refractivity contribution >= 4 is 38.4 Å². The molecule has 0 aliphatic heterocycles. The Hall–Kier alpha value is -4.49. The largest absolute Gasteiger partial charge is 0.206 e. The molecule has 1 heteroatoms. The summed E-state index contributed by atoms with van der Waals surface area (Å²) in [7, 11) is 0. The first-order valence-electron chi connectivity index (χ1n) is 12.2. The van der Waals surface area contributed by atoms with Crippen LogP contribution in [0.5, 0.6) is 0 Å². The molecule has 6 rings (SSSR count). The molecule has 0 fully saturated rings. The molecule has 0 N–H and O–H groups in total. The van der Waals surface area contributed by atoms with E-state index in [2.05, 4.69) is 98.4 Å². The van der Waals surface area contributed by atoms with Crippen molar-refractivity contribution in [3.05, 3.63) is 139 Å². The van der Waals surface area contributed by atoms with Crippen molar-refractivity contribution < 1.29 is 4.39 Å².